The lowest BCUT2D eigenvalue weighted by Gasteiger charge is -1.96. The molecule has 0 atom stereocenters. The Morgan fingerprint density at radius 3 is 2.69 bits per heavy atom. The Balaban J connectivity index is 2.33. The lowest BCUT2D eigenvalue weighted by atomic mass is 10.2. The van der Waals surface area contributed by atoms with Crippen LogP contribution in [0.2, 0.25) is 0 Å². The number of thiophene rings is 1. The Morgan fingerprint density at radius 1 is 1.31 bits per heavy atom. The summed E-state index contributed by atoms with van der Waals surface area (Å²) in [5.74, 6) is 0.603. The van der Waals surface area contributed by atoms with Crippen LogP contribution >= 0.6 is 22.7 Å². The van der Waals surface area contributed by atoms with Gasteiger partial charge >= 0.3 is 0 Å². The minimum absolute atomic E-state index is 0.603. The van der Waals surface area contributed by atoms with Gasteiger partial charge in [0.1, 0.15) is 5.51 Å². The average Bonchev–Trinajstić information content (AvgIpc) is 2.75. The number of rotatable bonds is 2. The zero-order chi connectivity index (χ0) is 9.26. The van der Waals surface area contributed by atoms with Gasteiger partial charge in [0.15, 0.2) is 5.01 Å². The van der Waals surface area contributed by atoms with Crippen molar-refractivity contribution < 1.29 is 0 Å². The van der Waals surface area contributed by atoms with Crippen molar-refractivity contribution in [2.75, 3.05) is 0 Å². The largest absolute Gasteiger partial charge is 0.157 e. The van der Waals surface area contributed by atoms with Gasteiger partial charge in [0.05, 0.1) is 4.88 Å². The highest BCUT2D eigenvalue weighted by atomic mass is 32.1. The Morgan fingerprint density at radius 2 is 2.15 bits per heavy atom. The molecule has 0 saturated heterocycles. The van der Waals surface area contributed by atoms with E-state index in [1.807, 2.05) is 0 Å². The lowest BCUT2D eigenvalue weighted by Crippen LogP contribution is -1.77. The maximum atomic E-state index is 4.04. The van der Waals surface area contributed by atoms with Crippen molar-refractivity contribution >= 4 is 22.7 Å². The van der Waals surface area contributed by atoms with Gasteiger partial charge in [-0.1, -0.05) is 25.2 Å². The molecule has 0 aromatic carbocycles. The average molecular weight is 210 g/mol. The van der Waals surface area contributed by atoms with Crippen LogP contribution in [0.4, 0.5) is 0 Å². The van der Waals surface area contributed by atoms with Crippen LogP contribution in [0.5, 0.6) is 0 Å². The molecule has 2 nitrogen and oxygen atoms in total. The van der Waals surface area contributed by atoms with Crippen LogP contribution in [0.15, 0.2) is 17.6 Å². The third-order valence-corrected chi connectivity index (χ3v) is 4.01. The maximum Gasteiger partial charge on any atom is 0.157 e. The second kappa shape index (κ2) is 3.55. The third kappa shape index (κ3) is 1.78. The second-order valence-electron chi connectivity index (χ2n) is 3.10. The normalized spacial score (nSPS) is 11.0. The Kier molecular flexibility index (Phi) is 2.42. The summed E-state index contributed by atoms with van der Waals surface area (Å²) in [5, 5.41) is 8.89. The van der Waals surface area contributed by atoms with Crippen molar-refractivity contribution in [3.8, 4) is 9.88 Å². The van der Waals surface area contributed by atoms with E-state index in [0.29, 0.717) is 5.92 Å². The van der Waals surface area contributed by atoms with E-state index in [-0.39, 0.29) is 0 Å². The molecule has 4 heteroatoms. The molecule has 0 N–H and O–H groups in total. The molecule has 0 unspecified atom stereocenters. The van der Waals surface area contributed by atoms with Crippen LogP contribution in [-0.4, -0.2) is 10.2 Å². The topological polar surface area (TPSA) is 25.8 Å². The first-order valence-electron chi connectivity index (χ1n) is 4.13. The van der Waals surface area contributed by atoms with Gasteiger partial charge in [-0.2, -0.15) is 0 Å². The van der Waals surface area contributed by atoms with Crippen molar-refractivity contribution in [2.24, 2.45) is 0 Å². The van der Waals surface area contributed by atoms with Crippen LogP contribution in [0.25, 0.3) is 9.88 Å². The molecular formula is C9H10N2S2. The zero-order valence-electron chi connectivity index (χ0n) is 7.52. The minimum atomic E-state index is 0.603. The van der Waals surface area contributed by atoms with Gasteiger partial charge in [0.25, 0.3) is 0 Å². The van der Waals surface area contributed by atoms with Gasteiger partial charge in [-0.3, -0.25) is 0 Å². The van der Waals surface area contributed by atoms with E-state index in [2.05, 4.69) is 36.2 Å². The summed E-state index contributed by atoms with van der Waals surface area (Å²) in [4.78, 5) is 2.64. The highest BCUT2D eigenvalue weighted by Gasteiger charge is 2.07. The Bertz CT molecular complexity index is 376. The van der Waals surface area contributed by atoms with Gasteiger partial charge in [0.2, 0.25) is 0 Å². The van der Waals surface area contributed by atoms with Crippen molar-refractivity contribution in [1.29, 1.82) is 0 Å². The quantitative estimate of drug-likeness (QED) is 0.759. The van der Waals surface area contributed by atoms with Crippen LogP contribution < -0.4 is 0 Å². The van der Waals surface area contributed by atoms with Crippen LogP contribution in [-0.2, 0) is 0 Å². The van der Waals surface area contributed by atoms with Gasteiger partial charge in [0, 0.05) is 4.88 Å². The summed E-state index contributed by atoms with van der Waals surface area (Å²) in [6, 6.07) is 4.30. The molecule has 0 saturated carbocycles. The van der Waals surface area contributed by atoms with E-state index in [9.17, 15) is 0 Å². The summed E-state index contributed by atoms with van der Waals surface area (Å²) in [5.41, 5.74) is 1.77. The van der Waals surface area contributed by atoms with Crippen molar-refractivity contribution in [2.45, 2.75) is 19.8 Å². The van der Waals surface area contributed by atoms with Gasteiger partial charge in [-0.25, -0.2) is 0 Å². The highest BCUT2D eigenvalue weighted by Crippen LogP contribution is 2.32. The Hall–Kier alpha value is -0.740. The van der Waals surface area contributed by atoms with E-state index in [1.165, 1.54) is 9.75 Å². The first kappa shape index (κ1) is 8.84. The SMILES string of the molecule is CC(C)c1ccc(-c2nncs2)s1. The summed E-state index contributed by atoms with van der Waals surface area (Å²) >= 11 is 3.40. The molecule has 68 valence electrons. The van der Waals surface area contributed by atoms with E-state index in [4.69, 9.17) is 0 Å². The molecule has 0 aliphatic rings. The molecule has 2 heterocycles. The molecule has 0 fully saturated rings. The van der Waals surface area contributed by atoms with E-state index < -0.39 is 0 Å². The third-order valence-electron chi connectivity index (χ3n) is 1.77. The number of aromatic nitrogens is 2. The summed E-state index contributed by atoms with van der Waals surface area (Å²) in [6.45, 7) is 4.41. The number of nitrogens with zero attached hydrogens (tertiary/aromatic N) is 2. The van der Waals surface area contributed by atoms with Crippen LogP contribution in [0, 0.1) is 0 Å². The molecule has 2 rings (SSSR count). The smallest absolute Gasteiger partial charge is 0.147 e. The summed E-state index contributed by atoms with van der Waals surface area (Å²) < 4.78 is 0. The molecular weight excluding hydrogens is 200 g/mol. The second-order valence-corrected chi connectivity index (χ2v) is 5.05. The van der Waals surface area contributed by atoms with Crippen molar-refractivity contribution in [1.82, 2.24) is 10.2 Å². The molecule has 2 aromatic rings. The van der Waals surface area contributed by atoms with E-state index >= 15 is 0 Å². The molecule has 0 radical (unpaired) electrons. The van der Waals surface area contributed by atoms with Crippen LogP contribution in [0.1, 0.15) is 24.6 Å². The fraction of sp³-hybridized carbons (Fsp3) is 0.333. The number of hydrogen-bond acceptors (Lipinski definition) is 4. The summed E-state index contributed by atoms with van der Waals surface area (Å²) in [7, 11) is 0. The van der Waals surface area contributed by atoms with Gasteiger partial charge in [-0.05, 0) is 18.1 Å². The van der Waals surface area contributed by atoms with Crippen molar-refractivity contribution in [3.05, 3.63) is 22.5 Å². The Labute approximate surface area is 85.3 Å². The van der Waals surface area contributed by atoms with E-state index in [0.717, 1.165) is 5.01 Å². The molecule has 0 aliphatic carbocycles. The van der Waals surface area contributed by atoms with Crippen LogP contribution in [0.3, 0.4) is 0 Å². The molecule has 0 amide bonds. The number of hydrogen-bond donors (Lipinski definition) is 0. The maximum absolute atomic E-state index is 4.04. The predicted octanol–water partition coefficient (Wildman–Crippen LogP) is 3.39. The van der Waals surface area contributed by atoms with Gasteiger partial charge in [-0.15, -0.1) is 21.5 Å². The molecule has 0 spiro atoms. The highest BCUT2D eigenvalue weighted by molar-refractivity contribution is 7.20. The first-order chi connectivity index (χ1) is 6.27. The van der Waals surface area contributed by atoms with Gasteiger partial charge < -0.3 is 0 Å². The molecule has 0 aliphatic heterocycles. The molecule has 13 heavy (non-hydrogen) atoms. The predicted molar refractivity (Wildman–Crippen MR) is 57.3 cm³/mol. The fourth-order valence-electron chi connectivity index (χ4n) is 1.06. The molecule has 2 aromatic heterocycles. The summed E-state index contributed by atoms with van der Waals surface area (Å²) in [6.07, 6.45) is 0. The standard InChI is InChI=1S/C9H10N2S2/c1-6(2)7-3-4-8(13-7)9-11-10-5-12-9/h3-6H,1-2H3. The van der Waals surface area contributed by atoms with Crippen molar-refractivity contribution in [3.63, 3.8) is 0 Å². The minimum Gasteiger partial charge on any atom is -0.147 e. The lowest BCUT2D eigenvalue weighted by molar-refractivity contribution is 0.890. The monoisotopic (exact) mass is 210 g/mol. The first-order valence-corrected chi connectivity index (χ1v) is 5.83. The molecule has 0 bridgehead atoms. The fourth-order valence-corrected chi connectivity index (χ4v) is 2.69. The van der Waals surface area contributed by atoms with E-state index in [1.54, 1.807) is 28.2 Å². The zero-order valence-corrected chi connectivity index (χ0v) is 9.15.